The third-order valence-electron chi connectivity index (χ3n) is 4.50. The highest BCUT2D eigenvalue weighted by atomic mass is 35.5. The van der Waals surface area contributed by atoms with Crippen LogP contribution >= 0.6 is 11.6 Å². The van der Waals surface area contributed by atoms with Gasteiger partial charge in [0.05, 0.1) is 4.90 Å². The van der Waals surface area contributed by atoms with E-state index < -0.39 is 10.0 Å². The fourth-order valence-electron chi connectivity index (χ4n) is 3.07. The van der Waals surface area contributed by atoms with E-state index in [1.54, 1.807) is 18.2 Å². The monoisotopic (exact) mass is 403 g/mol. The van der Waals surface area contributed by atoms with Gasteiger partial charge in [-0.2, -0.15) is 4.31 Å². The summed E-state index contributed by atoms with van der Waals surface area (Å²) in [6.07, 6.45) is 5.36. The van der Waals surface area contributed by atoms with E-state index in [2.05, 4.69) is 14.9 Å². The van der Waals surface area contributed by atoms with E-state index in [-0.39, 0.29) is 4.90 Å². The molecule has 7 nitrogen and oxygen atoms in total. The SMILES string of the molecule is O=S(=O)(c1cccc(Cl)c1)N1CCN(c2cc(-n3cccc3)ncn2)CC1. The lowest BCUT2D eigenvalue weighted by atomic mass is 10.3. The Morgan fingerprint density at radius 1 is 0.889 bits per heavy atom. The third-order valence-corrected chi connectivity index (χ3v) is 6.63. The minimum Gasteiger partial charge on any atom is -0.354 e. The van der Waals surface area contributed by atoms with Crippen molar-refractivity contribution < 1.29 is 8.42 Å². The Bertz CT molecular complexity index is 1030. The first-order chi connectivity index (χ1) is 13.0. The lowest BCUT2D eigenvalue weighted by Crippen LogP contribution is -2.48. The summed E-state index contributed by atoms with van der Waals surface area (Å²) in [7, 11) is -3.55. The summed E-state index contributed by atoms with van der Waals surface area (Å²) in [5, 5.41) is 0.410. The highest BCUT2D eigenvalue weighted by molar-refractivity contribution is 7.89. The summed E-state index contributed by atoms with van der Waals surface area (Å²) in [5.41, 5.74) is 0. The predicted octanol–water partition coefficient (Wildman–Crippen LogP) is 2.43. The maximum Gasteiger partial charge on any atom is 0.243 e. The lowest BCUT2D eigenvalue weighted by Gasteiger charge is -2.34. The molecule has 1 aromatic carbocycles. The van der Waals surface area contributed by atoms with E-state index in [4.69, 9.17) is 11.6 Å². The highest BCUT2D eigenvalue weighted by Gasteiger charge is 2.29. The molecule has 1 fully saturated rings. The van der Waals surface area contributed by atoms with E-state index in [0.29, 0.717) is 31.2 Å². The summed E-state index contributed by atoms with van der Waals surface area (Å²) in [6, 6.07) is 12.1. The molecule has 0 radical (unpaired) electrons. The number of hydrogen-bond acceptors (Lipinski definition) is 5. The molecule has 2 aromatic heterocycles. The van der Waals surface area contributed by atoms with Crippen LogP contribution in [0.4, 0.5) is 5.82 Å². The first-order valence-corrected chi connectivity index (χ1v) is 10.3. The Kier molecular flexibility index (Phi) is 4.86. The van der Waals surface area contributed by atoms with E-state index in [1.165, 1.54) is 16.7 Å². The lowest BCUT2D eigenvalue weighted by molar-refractivity contribution is 0.383. The molecule has 0 aliphatic carbocycles. The van der Waals surface area contributed by atoms with E-state index in [9.17, 15) is 8.42 Å². The molecule has 3 aromatic rings. The fourth-order valence-corrected chi connectivity index (χ4v) is 4.80. The molecule has 0 amide bonds. The second kappa shape index (κ2) is 7.30. The Labute approximate surface area is 162 Å². The van der Waals surface area contributed by atoms with Gasteiger partial charge in [-0.25, -0.2) is 18.4 Å². The van der Waals surface area contributed by atoms with Crippen LogP contribution in [0.5, 0.6) is 0 Å². The number of aromatic nitrogens is 3. The zero-order chi connectivity index (χ0) is 18.9. The maximum absolute atomic E-state index is 12.8. The van der Waals surface area contributed by atoms with Gasteiger partial charge in [0.1, 0.15) is 18.0 Å². The Balaban J connectivity index is 1.49. The van der Waals surface area contributed by atoms with Crippen LogP contribution in [-0.4, -0.2) is 53.4 Å². The number of benzene rings is 1. The molecule has 1 aliphatic rings. The van der Waals surface area contributed by atoms with Crippen LogP contribution in [-0.2, 0) is 10.0 Å². The third kappa shape index (κ3) is 3.69. The zero-order valence-electron chi connectivity index (χ0n) is 14.4. The smallest absolute Gasteiger partial charge is 0.243 e. The van der Waals surface area contributed by atoms with Gasteiger partial charge in [-0.3, -0.25) is 0 Å². The van der Waals surface area contributed by atoms with Crippen LogP contribution in [0.1, 0.15) is 0 Å². The van der Waals surface area contributed by atoms with Crippen LogP contribution in [0.15, 0.2) is 66.1 Å². The normalized spacial score (nSPS) is 15.8. The molecule has 1 saturated heterocycles. The Hall–Kier alpha value is -2.42. The Morgan fingerprint density at radius 3 is 2.30 bits per heavy atom. The average molecular weight is 404 g/mol. The predicted molar refractivity (Wildman–Crippen MR) is 104 cm³/mol. The molecule has 0 saturated carbocycles. The maximum atomic E-state index is 12.8. The van der Waals surface area contributed by atoms with E-state index >= 15 is 0 Å². The molecule has 0 bridgehead atoms. The van der Waals surface area contributed by atoms with Crippen molar-refractivity contribution in [3.63, 3.8) is 0 Å². The molecule has 0 unspecified atom stereocenters. The number of anilines is 1. The van der Waals surface area contributed by atoms with Crippen molar-refractivity contribution in [3.8, 4) is 5.82 Å². The summed E-state index contributed by atoms with van der Waals surface area (Å²) in [5.74, 6) is 1.56. The van der Waals surface area contributed by atoms with Gasteiger partial charge < -0.3 is 9.47 Å². The molecule has 9 heteroatoms. The van der Waals surface area contributed by atoms with Gasteiger partial charge in [0, 0.05) is 49.7 Å². The standard InChI is InChI=1S/C18H18ClN5O2S/c19-15-4-3-5-16(12-15)27(25,26)24-10-8-23(9-11-24)18-13-17(20-14-21-18)22-6-1-2-7-22/h1-7,12-14H,8-11H2. The molecule has 1 aliphatic heterocycles. The number of nitrogens with zero attached hydrogens (tertiary/aromatic N) is 5. The highest BCUT2D eigenvalue weighted by Crippen LogP contribution is 2.22. The van der Waals surface area contributed by atoms with Gasteiger partial charge in [0.2, 0.25) is 10.0 Å². The molecule has 27 heavy (non-hydrogen) atoms. The van der Waals surface area contributed by atoms with Crippen molar-refractivity contribution in [2.24, 2.45) is 0 Å². The summed E-state index contributed by atoms with van der Waals surface area (Å²) < 4.78 is 29.0. The second-order valence-electron chi connectivity index (χ2n) is 6.17. The number of sulfonamides is 1. The van der Waals surface area contributed by atoms with Crippen molar-refractivity contribution in [1.82, 2.24) is 18.8 Å². The van der Waals surface area contributed by atoms with E-state index in [0.717, 1.165) is 11.6 Å². The van der Waals surface area contributed by atoms with Gasteiger partial charge in [-0.1, -0.05) is 17.7 Å². The fraction of sp³-hybridized carbons (Fsp3) is 0.222. The number of piperazine rings is 1. The quantitative estimate of drug-likeness (QED) is 0.669. The van der Waals surface area contributed by atoms with Crippen molar-refractivity contribution in [2.45, 2.75) is 4.90 Å². The summed E-state index contributed by atoms with van der Waals surface area (Å²) in [6.45, 7) is 1.89. The van der Waals surface area contributed by atoms with Gasteiger partial charge in [-0.15, -0.1) is 0 Å². The van der Waals surface area contributed by atoms with Crippen molar-refractivity contribution in [2.75, 3.05) is 31.1 Å². The molecular formula is C18H18ClN5O2S. The molecule has 4 rings (SSSR count). The molecule has 0 atom stereocenters. The number of rotatable bonds is 4. The first kappa shape index (κ1) is 18.0. The van der Waals surface area contributed by atoms with E-state index in [1.807, 2.05) is 35.2 Å². The average Bonchev–Trinajstić information content (AvgIpc) is 3.23. The van der Waals surface area contributed by atoms with Crippen LogP contribution < -0.4 is 4.90 Å². The van der Waals surface area contributed by atoms with Gasteiger partial charge >= 0.3 is 0 Å². The van der Waals surface area contributed by atoms with Crippen LogP contribution in [0.3, 0.4) is 0 Å². The van der Waals surface area contributed by atoms with Crippen molar-refractivity contribution >= 4 is 27.4 Å². The molecule has 3 heterocycles. The molecule has 140 valence electrons. The minimum absolute atomic E-state index is 0.223. The van der Waals surface area contributed by atoms with Crippen LogP contribution in [0.2, 0.25) is 5.02 Å². The first-order valence-electron chi connectivity index (χ1n) is 8.50. The minimum atomic E-state index is -3.55. The molecule has 0 spiro atoms. The van der Waals surface area contributed by atoms with Crippen molar-refractivity contribution in [1.29, 1.82) is 0 Å². The van der Waals surface area contributed by atoms with Crippen LogP contribution in [0.25, 0.3) is 5.82 Å². The second-order valence-corrected chi connectivity index (χ2v) is 8.55. The van der Waals surface area contributed by atoms with Gasteiger partial charge in [0.15, 0.2) is 0 Å². The number of halogens is 1. The summed E-state index contributed by atoms with van der Waals surface area (Å²) in [4.78, 5) is 10.9. The Morgan fingerprint density at radius 2 is 1.59 bits per heavy atom. The molecule has 0 N–H and O–H groups in total. The topological polar surface area (TPSA) is 71.3 Å². The van der Waals surface area contributed by atoms with Gasteiger partial charge in [0.25, 0.3) is 0 Å². The molecular weight excluding hydrogens is 386 g/mol. The van der Waals surface area contributed by atoms with Crippen molar-refractivity contribution in [3.05, 3.63) is 66.2 Å². The number of hydrogen-bond donors (Lipinski definition) is 0. The summed E-state index contributed by atoms with van der Waals surface area (Å²) >= 11 is 5.94. The van der Waals surface area contributed by atoms with Gasteiger partial charge in [-0.05, 0) is 30.3 Å². The zero-order valence-corrected chi connectivity index (χ0v) is 16.0. The largest absolute Gasteiger partial charge is 0.354 e. The van der Waals surface area contributed by atoms with Crippen LogP contribution in [0, 0.1) is 0 Å².